The van der Waals surface area contributed by atoms with Crippen LogP contribution in [0.1, 0.15) is 219 Å². The number of carboxylic acid groups (broad SMARTS) is 2. The number of hydrogen-bond donors (Lipinski definition) is 2. The first kappa shape index (κ1) is 72.1. The maximum absolute atomic E-state index is 12.2. The molecule has 0 aromatic carbocycles. The van der Waals surface area contributed by atoms with Gasteiger partial charge in [-0.1, -0.05) is 192 Å². The van der Waals surface area contributed by atoms with Gasteiger partial charge in [-0.05, 0) is 38.5 Å². The van der Waals surface area contributed by atoms with Crippen molar-refractivity contribution in [2.24, 2.45) is 11.8 Å². The monoisotopic (exact) mass is 1070 g/mol. The average molecular weight is 1070 g/mol. The molecule has 75 heavy (non-hydrogen) atoms. The van der Waals surface area contributed by atoms with Crippen LogP contribution in [0.5, 0.6) is 0 Å². The Hall–Kier alpha value is -2.92. The highest BCUT2D eigenvalue weighted by Crippen LogP contribution is 2.17. The van der Waals surface area contributed by atoms with Crippen molar-refractivity contribution in [1.29, 1.82) is 0 Å². The summed E-state index contributed by atoms with van der Waals surface area (Å²) in [5.41, 5.74) is 0. The number of aliphatic carboxylic acids is 2. The minimum Gasteiger partial charge on any atom is -0.481 e. The van der Waals surface area contributed by atoms with Gasteiger partial charge in [0.1, 0.15) is 13.2 Å². The second-order valence-corrected chi connectivity index (χ2v) is 19.7. The summed E-state index contributed by atoms with van der Waals surface area (Å²) in [4.78, 5) is 47.8. The first-order chi connectivity index (χ1) is 36.8. The van der Waals surface area contributed by atoms with Gasteiger partial charge in [0.15, 0.2) is 0 Å². The van der Waals surface area contributed by atoms with Crippen LogP contribution in [-0.2, 0) is 61.8 Å². The number of esters is 2. The molecule has 0 amide bonds. The highest BCUT2D eigenvalue weighted by atomic mass is 16.6. The van der Waals surface area contributed by atoms with Crippen LogP contribution >= 0.6 is 0 Å². The molecule has 0 spiro atoms. The maximum Gasteiger partial charge on any atom is 0.307 e. The maximum atomic E-state index is 12.2. The molecule has 0 aromatic heterocycles. The number of carbonyl (C=O) groups is 4. The van der Waals surface area contributed by atoms with Crippen molar-refractivity contribution in [2.75, 3.05) is 106 Å². The average Bonchev–Trinajstić information content (AvgIpc) is 3.39. The summed E-state index contributed by atoms with van der Waals surface area (Å²) < 4.78 is 48.7. The molecule has 0 aliphatic carbocycles. The molecule has 2 N–H and O–H groups in total. The summed E-state index contributed by atoms with van der Waals surface area (Å²) in [5.74, 6) is -4.68. The van der Waals surface area contributed by atoms with Gasteiger partial charge in [-0.2, -0.15) is 0 Å². The molecular formula is C60H110O15. The quantitative estimate of drug-likeness (QED) is 0.0332. The van der Waals surface area contributed by atoms with Crippen LogP contribution in [0.25, 0.3) is 0 Å². The lowest BCUT2D eigenvalue weighted by Crippen LogP contribution is -2.20. The van der Waals surface area contributed by atoms with Crippen LogP contribution < -0.4 is 0 Å². The third kappa shape index (κ3) is 57.1. The van der Waals surface area contributed by atoms with Gasteiger partial charge in [0.25, 0.3) is 0 Å². The molecule has 0 bridgehead atoms. The van der Waals surface area contributed by atoms with Crippen LogP contribution in [0.15, 0.2) is 24.3 Å². The summed E-state index contributed by atoms with van der Waals surface area (Å²) in [5, 5.41) is 19.1. The lowest BCUT2D eigenvalue weighted by Gasteiger charge is -2.11. The predicted octanol–water partition coefficient (Wildman–Crippen LogP) is 13.2. The molecule has 0 rings (SSSR count). The smallest absolute Gasteiger partial charge is 0.307 e. The first-order valence-electron chi connectivity index (χ1n) is 29.9. The lowest BCUT2D eigenvalue weighted by molar-refractivity contribution is -0.152. The summed E-state index contributed by atoms with van der Waals surface area (Å²) in [6.45, 7) is 9.73. The highest BCUT2D eigenvalue weighted by Gasteiger charge is 2.22. The Balaban J connectivity index is 3.54. The molecule has 0 fully saturated rings. The lowest BCUT2D eigenvalue weighted by atomic mass is 10.0. The van der Waals surface area contributed by atoms with E-state index in [1.807, 2.05) is 24.3 Å². The van der Waals surface area contributed by atoms with E-state index in [2.05, 4.69) is 13.8 Å². The Bertz CT molecular complexity index is 1210. The summed E-state index contributed by atoms with van der Waals surface area (Å²) >= 11 is 0. The molecule has 0 radical (unpaired) electrons. The third-order valence-corrected chi connectivity index (χ3v) is 12.9. The second kappa shape index (κ2) is 60.3. The molecule has 15 heteroatoms. The van der Waals surface area contributed by atoms with E-state index in [1.54, 1.807) is 0 Å². The Labute approximate surface area is 455 Å². The predicted molar refractivity (Wildman–Crippen MR) is 297 cm³/mol. The van der Waals surface area contributed by atoms with Crippen molar-refractivity contribution in [2.45, 2.75) is 219 Å². The van der Waals surface area contributed by atoms with Crippen molar-refractivity contribution >= 4 is 23.9 Å². The summed E-state index contributed by atoms with van der Waals surface area (Å²) in [6.07, 6.45) is 44.2. The molecule has 2 atom stereocenters. The molecule has 440 valence electrons. The molecule has 0 aromatic rings. The number of rotatable bonds is 62. The number of unbranched alkanes of at least 4 members (excludes halogenated alkanes) is 26. The molecule has 0 saturated heterocycles. The van der Waals surface area contributed by atoms with Crippen molar-refractivity contribution in [3.05, 3.63) is 24.3 Å². The van der Waals surface area contributed by atoms with Crippen LogP contribution in [0.2, 0.25) is 0 Å². The van der Waals surface area contributed by atoms with Crippen LogP contribution in [0.4, 0.5) is 0 Å². The number of carboxylic acids is 2. The topological polar surface area (TPSA) is 192 Å². The van der Waals surface area contributed by atoms with E-state index < -0.39 is 35.7 Å². The van der Waals surface area contributed by atoms with Crippen LogP contribution in [0.3, 0.4) is 0 Å². The van der Waals surface area contributed by atoms with Crippen molar-refractivity contribution in [3.8, 4) is 0 Å². The zero-order valence-corrected chi connectivity index (χ0v) is 47.6. The number of ether oxygens (including phenoxy) is 9. The Morgan fingerprint density at radius 3 is 0.747 bits per heavy atom. The van der Waals surface area contributed by atoms with E-state index in [0.717, 1.165) is 25.7 Å². The number of hydrogen-bond acceptors (Lipinski definition) is 13. The Kier molecular flexibility index (Phi) is 58.0. The molecule has 15 nitrogen and oxygen atoms in total. The van der Waals surface area contributed by atoms with E-state index in [1.165, 1.54) is 154 Å². The second-order valence-electron chi connectivity index (χ2n) is 19.7. The van der Waals surface area contributed by atoms with Gasteiger partial charge in [-0.3, -0.25) is 19.2 Å². The largest absolute Gasteiger partial charge is 0.481 e. The van der Waals surface area contributed by atoms with E-state index in [-0.39, 0.29) is 39.3 Å². The van der Waals surface area contributed by atoms with Crippen LogP contribution in [-0.4, -0.2) is 140 Å². The standard InChI is InChI=1S/C60H110O15/c1-3-5-7-9-11-13-15-17-19-21-23-25-27-29-31-33-35-55(59(63)64)53-57(61)74-51-49-72-47-45-70-43-41-68-39-37-67-38-40-69-42-44-71-46-48-73-50-52-75-58(62)54-56(60(65)66)36-34-32-30-28-26-24-22-20-18-16-14-12-10-8-6-4-2/h31-34,55-56H,3-30,35-54H2,1-2H3,(H,63,64)(H,65,66)/b33-31+,34-32+. The SMILES string of the molecule is CCCCCCCCCCCCCCC/C=C/CC(CC(=O)OCCOCCOCCOCCOCCOCCOCCOCCOC(=O)CC(C/C=C/CCCCCCCCCCCCCCC)C(=O)O)C(=O)O. The third-order valence-electron chi connectivity index (χ3n) is 12.9. The Morgan fingerprint density at radius 1 is 0.307 bits per heavy atom. The number of allylic oxidation sites excluding steroid dienone is 4. The molecule has 0 saturated carbocycles. The summed E-state index contributed by atoms with van der Waals surface area (Å²) in [7, 11) is 0. The van der Waals surface area contributed by atoms with Crippen LogP contribution in [0, 0.1) is 11.8 Å². The molecule has 2 unspecified atom stereocenters. The van der Waals surface area contributed by atoms with Gasteiger partial charge < -0.3 is 52.8 Å². The molecule has 0 heterocycles. The van der Waals surface area contributed by atoms with Gasteiger partial charge in [-0.15, -0.1) is 0 Å². The first-order valence-corrected chi connectivity index (χ1v) is 29.9. The van der Waals surface area contributed by atoms with Gasteiger partial charge in [0.05, 0.1) is 117 Å². The summed E-state index contributed by atoms with van der Waals surface area (Å²) in [6, 6.07) is 0. The molecular weight excluding hydrogens is 961 g/mol. The highest BCUT2D eigenvalue weighted by molar-refractivity contribution is 5.79. The fourth-order valence-corrected chi connectivity index (χ4v) is 8.23. The molecule has 0 aliphatic rings. The Morgan fingerprint density at radius 2 is 0.520 bits per heavy atom. The van der Waals surface area contributed by atoms with Gasteiger partial charge >= 0.3 is 23.9 Å². The van der Waals surface area contributed by atoms with Gasteiger partial charge in [-0.25, -0.2) is 0 Å². The molecule has 0 aliphatic heterocycles. The van der Waals surface area contributed by atoms with Crippen molar-refractivity contribution < 1.29 is 72.0 Å². The van der Waals surface area contributed by atoms with Gasteiger partial charge in [0, 0.05) is 0 Å². The van der Waals surface area contributed by atoms with Gasteiger partial charge in [0.2, 0.25) is 0 Å². The van der Waals surface area contributed by atoms with E-state index in [9.17, 15) is 29.4 Å². The minimum absolute atomic E-state index is 0.0556. The zero-order valence-electron chi connectivity index (χ0n) is 47.6. The fraction of sp³-hybridized carbons (Fsp3) is 0.867. The van der Waals surface area contributed by atoms with Crippen molar-refractivity contribution in [1.82, 2.24) is 0 Å². The number of carbonyl (C=O) groups excluding carboxylic acids is 2. The van der Waals surface area contributed by atoms with E-state index in [0.29, 0.717) is 92.1 Å². The van der Waals surface area contributed by atoms with E-state index >= 15 is 0 Å². The zero-order chi connectivity index (χ0) is 54.6. The minimum atomic E-state index is -0.997. The van der Waals surface area contributed by atoms with Crippen molar-refractivity contribution in [3.63, 3.8) is 0 Å². The van der Waals surface area contributed by atoms with E-state index in [4.69, 9.17) is 42.6 Å². The normalized spacial score (nSPS) is 12.5. The fourth-order valence-electron chi connectivity index (χ4n) is 8.23.